The van der Waals surface area contributed by atoms with Crippen molar-refractivity contribution < 1.29 is 4.74 Å². The van der Waals surface area contributed by atoms with E-state index in [0.717, 1.165) is 5.69 Å². The summed E-state index contributed by atoms with van der Waals surface area (Å²) in [5.41, 5.74) is 3.15. The van der Waals surface area contributed by atoms with Gasteiger partial charge in [0, 0.05) is 12.2 Å². The second kappa shape index (κ2) is 7.81. The summed E-state index contributed by atoms with van der Waals surface area (Å²) in [6.07, 6.45) is 1.58. The first-order valence-electron chi connectivity index (χ1n) is 7.74. The minimum atomic E-state index is 0.384. The number of ether oxygens (including phenoxy) is 1. The van der Waals surface area contributed by atoms with Crippen molar-refractivity contribution in [3.8, 4) is 5.75 Å². The van der Waals surface area contributed by atoms with E-state index in [0.29, 0.717) is 29.1 Å². The van der Waals surface area contributed by atoms with Crippen molar-refractivity contribution in [2.45, 2.75) is 13.5 Å². The fourth-order valence-electron chi connectivity index (χ4n) is 2.21. The SMILES string of the molecule is COc1ccc(Nc2nncc(NCc3ccc(C)cc3)n2)cc1Cl. The van der Waals surface area contributed by atoms with Gasteiger partial charge in [0.05, 0.1) is 18.3 Å². The molecule has 0 fully saturated rings. The number of halogens is 1. The smallest absolute Gasteiger partial charge is 0.249 e. The number of nitrogens with zero attached hydrogens (tertiary/aromatic N) is 3. The molecular formula is C18H18ClN5O. The van der Waals surface area contributed by atoms with E-state index in [1.54, 1.807) is 25.4 Å². The normalized spacial score (nSPS) is 10.4. The van der Waals surface area contributed by atoms with E-state index >= 15 is 0 Å². The molecule has 0 atom stereocenters. The van der Waals surface area contributed by atoms with Gasteiger partial charge in [-0.15, -0.1) is 5.10 Å². The molecule has 0 saturated carbocycles. The van der Waals surface area contributed by atoms with Crippen molar-refractivity contribution in [2.24, 2.45) is 0 Å². The van der Waals surface area contributed by atoms with Crippen molar-refractivity contribution in [3.05, 3.63) is 64.8 Å². The summed E-state index contributed by atoms with van der Waals surface area (Å²) < 4.78 is 5.14. The van der Waals surface area contributed by atoms with Gasteiger partial charge in [-0.3, -0.25) is 0 Å². The van der Waals surface area contributed by atoms with Gasteiger partial charge in [-0.25, -0.2) is 0 Å². The van der Waals surface area contributed by atoms with Crippen molar-refractivity contribution in [1.82, 2.24) is 15.2 Å². The molecule has 0 saturated heterocycles. The average molecular weight is 356 g/mol. The zero-order valence-corrected chi connectivity index (χ0v) is 14.7. The van der Waals surface area contributed by atoms with Gasteiger partial charge in [0.15, 0.2) is 5.82 Å². The van der Waals surface area contributed by atoms with Crippen LogP contribution in [0.25, 0.3) is 0 Å². The molecule has 7 heteroatoms. The van der Waals surface area contributed by atoms with Crippen molar-refractivity contribution in [3.63, 3.8) is 0 Å². The number of methoxy groups -OCH3 is 1. The molecule has 0 aliphatic carbocycles. The van der Waals surface area contributed by atoms with Gasteiger partial charge in [-0.2, -0.15) is 10.1 Å². The van der Waals surface area contributed by atoms with E-state index in [-0.39, 0.29) is 0 Å². The maximum absolute atomic E-state index is 6.12. The number of aryl methyl sites for hydroxylation is 1. The lowest BCUT2D eigenvalue weighted by molar-refractivity contribution is 0.415. The molecule has 25 heavy (non-hydrogen) atoms. The highest BCUT2D eigenvalue weighted by atomic mass is 35.5. The Bertz CT molecular complexity index is 854. The van der Waals surface area contributed by atoms with Gasteiger partial charge in [0.1, 0.15) is 5.75 Å². The van der Waals surface area contributed by atoms with Crippen LogP contribution < -0.4 is 15.4 Å². The van der Waals surface area contributed by atoms with Crippen LogP contribution >= 0.6 is 11.6 Å². The lowest BCUT2D eigenvalue weighted by Gasteiger charge is -2.09. The Labute approximate surface area is 151 Å². The number of hydrogen-bond acceptors (Lipinski definition) is 6. The highest BCUT2D eigenvalue weighted by molar-refractivity contribution is 6.32. The average Bonchev–Trinajstić information content (AvgIpc) is 2.62. The summed E-state index contributed by atoms with van der Waals surface area (Å²) in [6.45, 7) is 2.72. The van der Waals surface area contributed by atoms with E-state index in [9.17, 15) is 0 Å². The van der Waals surface area contributed by atoms with Crippen molar-refractivity contribution >= 4 is 29.1 Å². The van der Waals surface area contributed by atoms with Gasteiger partial charge < -0.3 is 15.4 Å². The van der Waals surface area contributed by atoms with Gasteiger partial charge in [-0.05, 0) is 30.7 Å². The van der Waals surface area contributed by atoms with Crippen LogP contribution in [0.15, 0.2) is 48.7 Å². The molecule has 3 rings (SSSR count). The molecule has 0 bridgehead atoms. The molecule has 0 amide bonds. The fraction of sp³-hybridized carbons (Fsp3) is 0.167. The number of aromatic nitrogens is 3. The van der Waals surface area contributed by atoms with Gasteiger partial charge in [0.2, 0.25) is 5.95 Å². The van der Waals surface area contributed by atoms with Crippen LogP contribution in [0.1, 0.15) is 11.1 Å². The Morgan fingerprint density at radius 3 is 2.64 bits per heavy atom. The first-order chi connectivity index (χ1) is 12.1. The highest BCUT2D eigenvalue weighted by Gasteiger charge is 2.05. The van der Waals surface area contributed by atoms with E-state index in [2.05, 4.69) is 57.0 Å². The van der Waals surface area contributed by atoms with Crippen LogP contribution in [0.3, 0.4) is 0 Å². The lowest BCUT2D eigenvalue weighted by Crippen LogP contribution is -2.05. The Morgan fingerprint density at radius 1 is 1.12 bits per heavy atom. The summed E-state index contributed by atoms with van der Waals surface area (Å²) in [5, 5.41) is 14.8. The molecule has 3 aromatic rings. The van der Waals surface area contributed by atoms with Crippen LogP contribution in [0, 0.1) is 6.92 Å². The van der Waals surface area contributed by atoms with Crippen molar-refractivity contribution in [2.75, 3.05) is 17.7 Å². The second-order valence-corrected chi connectivity index (χ2v) is 5.89. The summed E-state index contributed by atoms with van der Waals surface area (Å²) >= 11 is 6.12. The molecule has 2 N–H and O–H groups in total. The summed E-state index contributed by atoms with van der Waals surface area (Å²) in [4.78, 5) is 4.40. The van der Waals surface area contributed by atoms with Crippen LogP contribution in [-0.2, 0) is 6.54 Å². The van der Waals surface area contributed by atoms with E-state index < -0.39 is 0 Å². The molecule has 2 aromatic carbocycles. The topological polar surface area (TPSA) is 72.0 Å². The fourth-order valence-corrected chi connectivity index (χ4v) is 2.47. The quantitative estimate of drug-likeness (QED) is 0.690. The van der Waals surface area contributed by atoms with Gasteiger partial charge in [-0.1, -0.05) is 41.4 Å². The zero-order valence-electron chi connectivity index (χ0n) is 14.0. The Kier molecular flexibility index (Phi) is 5.30. The Hall–Kier alpha value is -2.86. The maximum atomic E-state index is 6.12. The minimum Gasteiger partial charge on any atom is -0.495 e. The first-order valence-corrected chi connectivity index (χ1v) is 8.11. The van der Waals surface area contributed by atoms with Crippen LogP contribution in [-0.4, -0.2) is 22.3 Å². The molecule has 0 aliphatic rings. The molecular weight excluding hydrogens is 338 g/mol. The molecule has 1 heterocycles. The predicted octanol–water partition coefficient (Wildman–Crippen LogP) is 4.20. The molecule has 128 valence electrons. The summed E-state index contributed by atoms with van der Waals surface area (Å²) in [7, 11) is 1.57. The van der Waals surface area contributed by atoms with Crippen LogP contribution in [0.2, 0.25) is 5.02 Å². The molecule has 0 unspecified atom stereocenters. The third-order valence-corrected chi connectivity index (χ3v) is 3.86. The molecule has 0 aliphatic heterocycles. The largest absolute Gasteiger partial charge is 0.495 e. The molecule has 1 aromatic heterocycles. The third-order valence-electron chi connectivity index (χ3n) is 3.56. The van der Waals surface area contributed by atoms with Gasteiger partial charge in [0.25, 0.3) is 0 Å². The van der Waals surface area contributed by atoms with Gasteiger partial charge >= 0.3 is 0 Å². The number of rotatable bonds is 6. The number of benzene rings is 2. The summed E-state index contributed by atoms with van der Waals surface area (Å²) in [5.74, 6) is 1.63. The number of anilines is 3. The summed E-state index contributed by atoms with van der Waals surface area (Å²) in [6, 6.07) is 13.7. The molecule has 0 radical (unpaired) electrons. The third kappa shape index (κ3) is 4.58. The number of hydrogen-bond donors (Lipinski definition) is 2. The lowest BCUT2D eigenvalue weighted by atomic mass is 10.1. The first kappa shape index (κ1) is 17.0. The van der Waals surface area contributed by atoms with E-state index in [1.807, 2.05) is 6.07 Å². The maximum Gasteiger partial charge on any atom is 0.249 e. The standard InChI is InChI=1S/C18H18ClN5O/c1-12-3-5-13(6-4-12)10-20-17-11-21-24-18(23-17)22-14-7-8-16(25-2)15(19)9-14/h3-9,11H,10H2,1-2H3,(H2,20,22,23,24). The van der Waals surface area contributed by atoms with E-state index in [4.69, 9.17) is 16.3 Å². The zero-order chi connectivity index (χ0) is 17.6. The van der Waals surface area contributed by atoms with Crippen LogP contribution in [0.5, 0.6) is 5.75 Å². The minimum absolute atomic E-state index is 0.384. The van der Waals surface area contributed by atoms with Crippen molar-refractivity contribution in [1.29, 1.82) is 0 Å². The Balaban J connectivity index is 1.66. The molecule has 0 spiro atoms. The molecule has 6 nitrogen and oxygen atoms in total. The second-order valence-electron chi connectivity index (χ2n) is 5.48. The monoisotopic (exact) mass is 355 g/mol. The van der Waals surface area contributed by atoms with Crippen LogP contribution in [0.4, 0.5) is 17.5 Å². The highest BCUT2D eigenvalue weighted by Crippen LogP contribution is 2.28. The Morgan fingerprint density at radius 2 is 1.92 bits per heavy atom. The predicted molar refractivity (Wildman–Crippen MR) is 99.6 cm³/mol. The van der Waals surface area contributed by atoms with E-state index in [1.165, 1.54) is 11.1 Å². The number of nitrogens with one attached hydrogen (secondary N) is 2.